The van der Waals surface area contributed by atoms with E-state index >= 15 is 0 Å². The van der Waals surface area contributed by atoms with E-state index in [1.54, 1.807) is 11.7 Å². The van der Waals surface area contributed by atoms with Gasteiger partial charge in [-0.2, -0.15) is 0 Å². The standard InChI is InChI=1S/C19H28N2O4S/c1-3-4-5-6-7-8-9-11-21-15(10-12-25-2)20-17-16(18(21)22)14(13-26-17)19(23)24/h13H,3-12H2,1-2H3,(H,23,24). The van der Waals surface area contributed by atoms with Crippen LogP contribution in [0.5, 0.6) is 0 Å². The number of methoxy groups -OCH3 is 1. The zero-order chi connectivity index (χ0) is 18.9. The first-order valence-electron chi connectivity index (χ1n) is 9.33. The lowest BCUT2D eigenvalue weighted by atomic mass is 10.1. The maximum Gasteiger partial charge on any atom is 0.337 e. The molecular formula is C19H28N2O4S. The molecule has 6 nitrogen and oxygen atoms in total. The van der Waals surface area contributed by atoms with Crippen LogP contribution in [-0.4, -0.2) is 34.3 Å². The van der Waals surface area contributed by atoms with Crippen LogP contribution >= 0.6 is 11.3 Å². The predicted octanol–water partition coefficient (Wildman–Crippen LogP) is 4.10. The van der Waals surface area contributed by atoms with E-state index in [1.165, 1.54) is 42.4 Å². The fourth-order valence-electron chi connectivity index (χ4n) is 3.07. The Bertz CT molecular complexity index is 782. The van der Waals surface area contributed by atoms with Crippen LogP contribution in [0.3, 0.4) is 0 Å². The van der Waals surface area contributed by atoms with E-state index in [-0.39, 0.29) is 16.5 Å². The number of thiophene rings is 1. The van der Waals surface area contributed by atoms with Gasteiger partial charge in [-0.15, -0.1) is 11.3 Å². The van der Waals surface area contributed by atoms with Gasteiger partial charge in [0.1, 0.15) is 10.7 Å². The maximum absolute atomic E-state index is 12.9. The smallest absolute Gasteiger partial charge is 0.337 e. The zero-order valence-electron chi connectivity index (χ0n) is 15.6. The summed E-state index contributed by atoms with van der Waals surface area (Å²) < 4.78 is 6.78. The third kappa shape index (κ3) is 5.14. The van der Waals surface area contributed by atoms with E-state index in [1.807, 2.05) is 0 Å². The molecular weight excluding hydrogens is 352 g/mol. The van der Waals surface area contributed by atoms with Crippen LogP contribution in [0.15, 0.2) is 10.2 Å². The van der Waals surface area contributed by atoms with Crippen LogP contribution in [0.4, 0.5) is 0 Å². The molecule has 0 fully saturated rings. The summed E-state index contributed by atoms with van der Waals surface area (Å²) in [4.78, 5) is 29.4. The molecule has 0 atom stereocenters. The Morgan fingerprint density at radius 1 is 1.23 bits per heavy atom. The van der Waals surface area contributed by atoms with E-state index in [2.05, 4.69) is 11.9 Å². The van der Waals surface area contributed by atoms with Gasteiger partial charge in [-0.1, -0.05) is 45.4 Å². The van der Waals surface area contributed by atoms with Crippen molar-refractivity contribution in [1.29, 1.82) is 0 Å². The Balaban J connectivity index is 2.18. The van der Waals surface area contributed by atoms with Gasteiger partial charge < -0.3 is 9.84 Å². The second-order valence-electron chi connectivity index (χ2n) is 6.48. The van der Waals surface area contributed by atoms with E-state index < -0.39 is 5.97 Å². The van der Waals surface area contributed by atoms with Crippen LogP contribution < -0.4 is 5.56 Å². The second-order valence-corrected chi connectivity index (χ2v) is 7.34. The molecule has 0 radical (unpaired) electrons. The second kappa shape index (κ2) is 10.4. The number of carboxylic acids is 1. The number of hydrogen-bond acceptors (Lipinski definition) is 5. The number of carbonyl (C=O) groups is 1. The summed E-state index contributed by atoms with van der Waals surface area (Å²) in [5, 5.41) is 11.1. The molecule has 7 heteroatoms. The Hall–Kier alpha value is -1.73. The molecule has 0 unspecified atom stereocenters. The molecule has 0 bridgehead atoms. The van der Waals surface area contributed by atoms with Crippen molar-refractivity contribution in [3.63, 3.8) is 0 Å². The maximum atomic E-state index is 12.9. The highest BCUT2D eigenvalue weighted by atomic mass is 32.1. The van der Waals surface area contributed by atoms with E-state index in [0.29, 0.717) is 30.2 Å². The summed E-state index contributed by atoms with van der Waals surface area (Å²) in [6.45, 7) is 3.25. The molecule has 2 heterocycles. The minimum atomic E-state index is -1.08. The van der Waals surface area contributed by atoms with E-state index in [9.17, 15) is 14.7 Å². The normalized spacial score (nSPS) is 11.3. The molecule has 0 saturated carbocycles. The lowest BCUT2D eigenvalue weighted by Crippen LogP contribution is -2.26. The topological polar surface area (TPSA) is 81.4 Å². The number of carboxylic acid groups (broad SMARTS) is 1. The van der Waals surface area contributed by atoms with Gasteiger partial charge in [0.05, 0.1) is 17.6 Å². The number of hydrogen-bond donors (Lipinski definition) is 1. The van der Waals surface area contributed by atoms with Crippen molar-refractivity contribution in [2.75, 3.05) is 13.7 Å². The van der Waals surface area contributed by atoms with Crippen molar-refractivity contribution >= 4 is 27.5 Å². The minimum Gasteiger partial charge on any atom is -0.478 e. The number of nitrogens with zero attached hydrogens (tertiary/aromatic N) is 2. The lowest BCUT2D eigenvalue weighted by molar-refractivity contribution is 0.0699. The molecule has 0 amide bonds. The summed E-state index contributed by atoms with van der Waals surface area (Å²) >= 11 is 1.21. The highest BCUT2D eigenvalue weighted by Gasteiger charge is 2.19. The average molecular weight is 381 g/mol. The first kappa shape index (κ1) is 20.6. The van der Waals surface area contributed by atoms with Gasteiger partial charge >= 0.3 is 5.97 Å². The van der Waals surface area contributed by atoms with Crippen molar-refractivity contribution in [2.24, 2.45) is 0 Å². The van der Waals surface area contributed by atoms with Crippen LogP contribution in [0.25, 0.3) is 10.2 Å². The van der Waals surface area contributed by atoms with Gasteiger partial charge in [0.2, 0.25) is 0 Å². The Labute approximate surface area is 157 Å². The monoisotopic (exact) mass is 380 g/mol. The van der Waals surface area contributed by atoms with Crippen molar-refractivity contribution < 1.29 is 14.6 Å². The molecule has 0 saturated heterocycles. The van der Waals surface area contributed by atoms with Crippen molar-refractivity contribution in [1.82, 2.24) is 9.55 Å². The highest BCUT2D eigenvalue weighted by molar-refractivity contribution is 7.17. The van der Waals surface area contributed by atoms with Gasteiger partial charge in [0.25, 0.3) is 5.56 Å². The number of fused-ring (bicyclic) bond motifs is 1. The molecule has 2 aromatic heterocycles. The number of aromatic carboxylic acids is 1. The minimum absolute atomic E-state index is 0.0501. The Kier molecular flexibility index (Phi) is 8.25. The molecule has 2 aromatic rings. The summed E-state index contributed by atoms with van der Waals surface area (Å²) in [6.07, 6.45) is 8.66. The highest BCUT2D eigenvalue weighted by Crippen LogP contribution is 2.22. The first-order chi connectivity index (χ1) is 12.6. The Morgan fingerprint density at radius 2 is 1.92 bits per heavy atom. The van der Waals surface area contributed by atoms with Crippen LogP contribution in [-0.2, 0) is 17.7 Å². The molecule has 2 rings (SSSR count). The molecule has 26 heavy (non-hydrogen) atoms. The van der Waals surface area contributed by atoms with E-state index in [4.69, 9.17) is 4.74 Å². The molecule has 144 valence electrons. The average Bonchev–Trinajstić information content (AvgIpc) is 3.05. The number of ether oxygens (including phenoxy) is 1. The van der Waals surface area contributed by atoms with E-state index in [0.717, 1.165) is 19.3 Å². The van der Waals surface area contributed by atoms with Gasteiger partial charge in [-0.05, 0) is 6.42 Å². The van der Waals surface area contributed by atoms with Crippen LogP contribution in [0.2, 0.25) is 0 Å². The number of aromatic nitrogens is 2. The molecule has 0 aliphatic heterocycles. The third-order valence-electron chi connectivity index (χ3n) is 4.52. The number of rotatable bonds is 12. The van der Waals surface area contributed by atoms with Gasteiger partial charge in [-0.25, -0.2) is 9.78 Å². The van der Waals surface area contributed by atoms with Crippen molar-refractivity contribution in [2.45, 2.75) is 64.8 Å². The van der Waals surface area contributed by atoms with Crippen molar-refractivity contribution in [3.05, 3.63) is 27.1 Å². The lowest BCUT2D eigenvalue weighted by Gasteiger charge is -2.12. The van der Waals surface area contributed by atoms with Crippen LogP contribution in [0, 0.1) is 0 Å². The summed E-state index contributed by atoms with van der Waals surface area (Å²) in [5.74, 6) is -0.406. The first-order valence-corrected chi connectivity index (χ1v) is 10.2. The summed E-state index contributed by atoms with van der Waals surface area (Å²) in [5.41, 5.74) is -0.195. The van der Waals surface area contributed by atoms with Gasteiger partial charge in [0, 0.05) is 25.5 Å². The fourth-order valence-corrected chi connectivity index (χ4v) is 3.99. The van der Waals surface area contributed by atoms with Gasteiger partial charge in [-0.3, -0.25) is 9.36 Å². The van der Waals surface area contributed by atoms with Crippen LogP contribution in [0.1, 0.15) is 68.1 Å². The van der Waals surface area contributed by atoms with Gasteiger partial charge in [0.15, 0.2) is 0 Å². The Morgan fingerprint density at radius 3 is 2.58 bits per heavy atom. The molecule has 0 aliphatic carbocycles. The molecule has 0 aliphatic rings. The predicted molar refractivity (Wildman–Crippen MR) is 104 cm³/mol. The molecule has 0 aromatic carbocycles. The summed E-state index contributed by atoms with van der Waals surface area (Å²) in [7, 11) is 1.62. The van der Waals surface area contributed by atoms with Crippen molar-refractivity contribution in [3.8, 4) is 0 Å². The third-order valence-corrected chi connectivity index (χ3v) is 5.39. The fraction of sp³-hybridized carbons (Fsp3) is 0.632. The quantitative estimate of drug-likeness (QED) is 0.561. The SMILES string of the molecule is CCCCCCCCCn1c(CCOC)nc2scc(C(=O)O)c2c1=O. The zero-order valence-corrected chi connectivity index (χ0v) is 16.4. The molecule has 1 N–H and O–H groups in total. The largest absolute Gasteiger partial charge is 0.478 e. The summed E-state index contributed by atoms with van der Waals surface area (Å²) in [6, 6.07) is 0. The number of unbranched alkanes of at least 4 members (excludes halogenated alkanes) is 6. The molecule has 0 spiro atoms.